The first-order valence-electron chi connectivity index (χ1n) is 12.4. The minimum absolute atomic E-state index is 0.0253. The molecule has 0 unspecified atom stereocenters. The van der Waals surface area contributed by atoms with Crippen molar-refractivity contribution < 1.29 is 37.2 Å². The summed E-state index contributed by atoms with van der Waals surface area (Å²) in [6, 6.07) is 7.02. The molecular weight excluding hydrogens is 590 g/mol. The number of hydrogen-bond donors (Lipinski definition) is 2. The van der Waals surface area contributed by atoms with Gasteiger partial charge in [-0.1, -0.05) is 5.04 Å². The molecule has 0 fully saturated rings. The largest absolute Gasteiger partial charge is 0.369 e. The van der Waals surface area contributed by atoms with E-state index >= 15 is 0 Å². The lowest BCUT2D eigenvalue weighted by atomic mass is 10.1. The van der Waals surface area contributed by atoms with Gasteiger partial charge in [0.1, 0.15) is 23.0 Å². The number of nitrogens with zero attached hydrogens (tertiary/aromatic N) is 7. The Morgan fingerprint density at radius 1 is 1.24 bits per heavy atom. The van der Waals surface area contributed by atoms with Gasteiger partial charge in [-0.05, 0) is 50.6 Å². The molecule has 0 spiro atoms. The summed E-state index contributed by atoms with van der Waals surface area (Å²) in [7, 11) is -2.41. The van der Waals surface area contributed by atoms with E-state index in [0.717, 1.165) is 23.8 Å². The first-order valence-corrected chi connectivity index (χ1v) is 14.9. The van der Waals surface area contributed by atoms with Crippen LogP contribution in [-0.4, -0.2) is 85.4 Å². The van der Waals surface area contributed by atoms with Gasteiger partial charge in [0.05, 0.1) is 23.2 Å². The van der Waals surface area contributed by atoms with Crippen LogP contribution in [0.3, 0.4) is 0 Å². The van der Waals surface area contributed by atoms with Gasteiger partial charge < -0.3 is 4.90 Å². The van der Waals surface area contributed by atoms with Crippen molar-refractivity contribution in [2.45, 2.75) is 20.8 Å². The number of aliphatic imine (C=N–C) groups is 1. The number of imidazole rings is 1. The fourth-order valence-electron chi connectivity index (χ4n) is 4.21. The predicted molar refractivity (Wildman–Crippen MR) is 155 cm³/mol. The van der Waals surface area contributed by atoms with Gasteiger partial charge in [-0.15, -0.1) is 4.33 Å². The summed E-state index contributed by atoms with van der Waals surface area (Å²) in [5, 5.41) is 20.8. The quantitative estimate of drug-likeness (QED) is 0.0542. The Morgan fingerprint density at radius 2 is 2.00 bits per heavy atom. The minimum Gasteiger partial charge on any atom is -0.369 e. The monoisotopic (exact) mass is 617 g/mol. The van der Waals surface area contributed by atoms with Crippen LogP contribution in [0.5, 0.6) is 0 Å². The van der Waals surface area contributed by atoms with Crippen molar-refractivity contribution in [2.24, 2.45) is 17.1 Å². The lowest BCUT2D eigenvalue weighted by Gasteiger charge is -2.24. The van der Waals surface area contributed by atoms with Gasteiger partial charge in [-0.25, -0.2) is 24.7 Å². The third-order valence-electron chi connectivity index (χ3n) is 6.41. The summed E-state index contributed by atoms with van der Waals surface area (Å²) in [6.45, 7) is 5.74. The van der Waals surface area contributed by atoms with Crippen molar-refractivity contribution in [3.8, 4) is 11.4 Å². The molecule has 0 saturated carbocycles. The Kier molecular flexibility index (Phi) is 9.53. The van der Waals surface area contributed by atoms with Crippen molar-refractivity contribution in [2.75, 3.05) is 29.5 Å². The van der Waals surface area contributed by atoms with Crippen LogP contribution in [0.1, 0.15) is 22.8 Å². The van der Waals surface area contributed by atoms with E-state index in [1.807, 2.05) is 20.0 Å². The molecule has 3 heterocycles. The summed E-state index contributed by atoms with van der Waals surface area (Å²) in [5.74, 6) is 0.891. The molecule has 0 atom stereocenters. The highest BCUT2D eigenvalue weighted by atomic mass is 32.2. The maximum Gasteiger partial charge on any atom is 0.266 e. The summed E-state index contributed by atoms with van der Waals surface area (Å²) < 4.78 is 39.6. The molecular formula is C25H27N7O8S2. The number of rotatable bonds is 13. The molecule has 222 valence electrons. The van der Waals surface area contributed by atoms with E-state index in [1.165, 1.54) is 10.6 Å². The predicted octanol–water partition coefficient (Wildman–Crippen LogP) is 2.27. The molecule has 0 radical (unpaired) electrons. The second-order valence-electron chi connectivity index (χ2n) is 9.22. The van der Waals surface area contributed by atoms with Crippen LogP contribution < -0.4 is 4.90 Å². The van der Waals surface area contributed by atoms with Gasteiger partial charge in [-0.2, -0.15) is 18.6 Å². The van der Waals surface area contributed by atoms with E-state index in [9.17, 15) is 22.6 Å². The van der Waals surface area contributed by atoms with Gasteiger partial charge in [0.25, 0.3) is 10.1 Å². The number of aryl methyl sites for hydroxylation is 3. The van der Waals surface area contributed by atoms with E-state index in [-0.39, 0.29) is 24.5 Å². The summed E-state index contributed by atoms with van der Waals surface area (Å²) in [5.41, 5.74) is 4.59. The van der Waals surface area contributed by atoms with Gasteiger partial charge in [0.2, 0.25) is 5.78 Å². The zero-order valence-electron chi connectivity index (χ0n) is 23.0. The number of carbonyl (C=O) groups is 1. The lowest BCUT2D eigenvalue weighted by molar-refractivity contribution is -0.432. The van der Waals surface area contributed by atoms with E-state index in [0.29, 0.717) is 45.6 Å². The highest BCUT2D eigenvalue weighted by Crippen LogP contribution is 2.30. The van der Waals surface area contributed by atoms with Crippen LogP contribution in [0.2, 0.25) is 0 Å². The molecule has 4 rings (SSSR count). The Balaban J connectivity index is 1.73. The van der Waals surface area contributed by atoms with E-state index in [2.05, 4.69) is 19.6 Å². The number of ketones is 1. The summed E-state index contributed by atoms with van der Waals surface area (Å²) in [4.78, 5) is 34.8. The number of carbonyl (C=O) groups excluding carboxylic acids is 2. The maximum absolute atomic E-state index is 12.8. The molecule has 2 aromatic heterocycles. The van der Waals surface area contributed by atoms with E-state index in [4.69, 9.17) is 15.2 Å². The first-order chi connectivity index (χ1) is 19.9. The third kappa shape index (κ3) is 6.91. The molecule has 1 aliphatic heterocycles. The highest BCUT2D eigenvalue weighted by molar-refractivity contribution is 7.94. The molecule has 3 aromatic rings. The molecule has 1 aromatic carbocycles. The number of allylic oxidation sites excluding steroid dienone is 1. The lowest BCUT2D eigenvalue weighted by Crippen LogP contribution is -2.31. The normalized spacial score (nSPS) is 13.7. The number of benzene rings is 1. The smallest absolute Gasteiger partial charge is 0.266 e. The van der Waals surface area contributed by atoms with Crippen LogP contribution in [-0.2, 0) is 36.1 Å². The van der Waals surface area contributed by atoms with Gasteiger partial charge in [-0.3, -0.25) is 14.0 Å². The van der Waals surface area contributed by atoms with E-state index in [1.54, 1.807) is 41.6 Å². The summed E-state index contributed by atoms with van der Waals surface area (Å²) in [6.07, 6.45) is 0.742. The topological polar surface area (TPSA) is 191 Å². The SMILES string of the molecule is Cc1cc(N(CCSOOO)CCS(=O)(=O)O)ccc1N=C1C(C(=O)C=C=O)=Nn2c1nc(-c1cc(C)n(C)n1)c2C. The first kappa shape index (κ1) is 31.0. The average Bonchev–Trinajstić information content (AvgIpc) is 3.56. The number of anilines is 1. The maximum atomic E-state index is 12.8. The molecule has 1 aliphatic rings. The molecule has 2 N–H and O–H groups in total. The van der Waals surface area contributed by atoms with E-state index < -0.39 is 21.7 Å². The van der Waals surface area contributed by atoms with Crippen molar-refractivity contribution >= 4 is 56.7 Å². The average molecular weight is 618 g/mol. The van der Waals surface area contributed by atoms with Crippen LogP contribution in [0.4, 0.5) is 11.4 Å². The van der Waals surface area contributed by atoms with Gasteiger partial charge in [0.15, 0.2) is 11.5 Å². The van der Waals surface area contributed by atoms with Crippen LogP contribution >= 0.6 is 12.0 Å². The fraction of sp³-hybridized carbons (Fsp3) is 0.320. The molecule has 17 heteroatoms. The summed E-state index contributed by atoms with van der Waals surface area (Å²) >= 11 is 0.804. The molecule has 0 amide bonds. The van der Waals surface area contributed by atoms with Crippen LogP contribution in [0.25, 0.3) is 11.4 Å². The van der Waals surface area contributed by atoms with Crippen molar-refractivity contribution in [1.29, 1.82) is 0 Å². The second-order valence-corrected chi connectivity index (χ2v) is 11.6. The Bertz CT molecular complexity index is 1720. The fourth-order valence-corrected chi connectivity index (χ4v) is 5.07. The molecule has 0 bridgehead atoms. The molecule has 0 aliphatic carbocycles. The number of fused-ring (bicyclic) bond motifs is 1. The Hall–Kier alpha value is -3.96. The van der Waals surface area contributed by atoms with Crippen molar-refractivity contribution in [3.05, 3.63) is 53.1 Å². The molecule has 0 saturated heterocycles. The Labute approximate surface area is 245 Å². The van der Waals surface area contributed by atoms with Crippen LogP contribution in [0.15, 0.2) is 40.4 Å². The van der Waals surface area contributed by atoms with Crippen molar-refractivity contribution in [1.82, 2.24) is 19.4 Å². The van der Waals surface area contributed by atoms with Crippen molar-refractivity contribution in [3.63, 3.8) is 0 Å². The van der Waals surface area contributed by atoms with Gasteiger partial charge in [0, 0.05) is 49.3 Å². The third-order valence-corrected chi connectivity index (χ3v) is 7.62. The molecule has 42 heavy (non-hydrogen) atoms. The zero-order valence-corrected chi connectivity index (χ0v) is 24.6. The standard InChI is InChI=1S/C25H27N7O8S2/c1-15-13-18(31(8-11-41-40-39-35)9-12-42(36,37)38)5-6-19(15)26-24-23(21(34)7-10-33)29-32-17(3)22(27-25(24)32)20-14-16(2)30(4)28-20/h5-7,13-14,35H,8-9,11-12H2,1-4H3,(H,36,37,38). The van der Waals surface area contributed by atoms with Gasteiger partial charge >= 0.3 is 0 Å². The number of hydrogen-bond acceptors (Lipinski definition) is 13. The second kappa shape index (κ2) is 12.9. The highest BCUT2D eigenvalue weighted by Gasteiger charge is 2.33. The number of aromatic nitrogens is 4. The zero-order chi connectivity index (χ0) is 30.6. The minimum atomic E-state index is -4.22. The Morgan fingerprint density at radius 3 is 2.62 bits per heavy atom. The molecule has 15 nitrogen and oxygen atoms in total. The van der Waals surface area contributed by atoms with Crippen LogP contribution in [0, 0.1) is 20.8 Å².